The topological polar surface area (TPSA) is 118 Å². The average molecular weight is 499 g/mol. The van der Waals surface area contributed by atoms with Crippen molar-refractivity contribution >= 4 is 19.9 Å². The molecule has 0 N–H and O–H groups in total. The summed E-state index contributed by atoms with van der Waals surface area (Å²) in [5.41, 5.74) is 0.568. The zero-order valence-corrected chi connectivity index (χ0v) is 19.1. The summed E-state index contributed by atoms with van der Waals surface area (Å²) < 4.78 is 79.3. The molecule has 1 fully saturated rings. The van der Waals surface area contributed by atoms with Crippen LogP contribution in [0.2, 0.25) is 0 Å². The molecule has 3 aromatic rings. The Morgan fingerprint density at radius 3 is 2.09 bits per heavy atom. The SMILES string of the molecule is CS(=O)(=O)c1ccc(-n2nnnc2CN2CCN(S(=O)(=O)c3c(F)cccc3F)CC2)cc1. The van der Waals surface area contributed by atoms with Crippen molar-refractivity contribution in [1.29, 1.82) is 0 Å². The summed E-state index contributed by atoms with van der Waals surface area (Å²) in [5.74, 6) is -1.78. The number of piperazine rings is 1. The highest BCUT2D eigenvalue weighted by Crippen LogP contribution is 2.24. The number of tetrazole rings is 1. The van der Waals surface area contributed by atoms with Crippen molar-refractivity contribution in [3.8, 4) is 5.69 Å². The molecule has 4 rings (SSSR count). The van der Waals surface area contributed by atoms with Gasteiger partial charge in [-0.3, -0.25) is 4.90 Å². The first-order valence-electron chi connectivity index (χ1n) is 9.81. The van der Waals surface area contributed by atoms with Crippen LogP contribution in [0.15, 0.2) is 52.3 Å². The minimum atomic E-state index is -4.31. The maximum Gasteiger partial charge on any atom is 0.249 e. The summed E-state index contributed by atoms with van der Waals surface area (Å²) >= 11 is 0. The van der Waals surface area contributed by atoms with Crippen LogP contribution in [0.5, 0.6) is 0 Å². The van der Waals surface area contributed by atoms with E-state index in [2.05, 4.69) is 15.5 Å². The fourth-order valence-electron chi connectivity index (χ4n) is 3.53. The van der Waals surface area contributed by atoms with Crippen molar-refractivity contribution in [3.05, 3.63) is 59.9 Å². The predicted molar refractivity (Wildman–Crippen MR) is 113 cm³/mol. The monoisotopic (exact) mass is 498 g/mol. The molecular weight excluding hydrogens is 478 g/mol. The third-order valence-corrected chi connectivity index (χ3v) is 8.34. The fourth-order valence-corrected chi connectivity index (χ4v) is 5.69. The van der Waals surface area contributed by atoms with Crippen LogP contribution in [0.4, 0.5) is 8.78 Å². The van der Waals surface area contributed by atoms with E-state index in [1.165, 1.54) is 16.8 Å². The van der Waals surface area contributed by atoms with Crippen LogP contribution < -0.4 is 0 Å². The molecule has 0 aliphatic carbocycles. The first-order chi connectivity index (χ1) is 15.6. The number of benzene rings is 2. The number of hydrogen-bond acceptors (Lipinski definition) is 8. The summed E-state index contributed by atoms with van der Waals surface area (Å²) in [4.78, 5) is 1.14. The summed E-state index contributed by atoms with van der Waals surface area (Å²) in [7, 11) is -7.65. The zero-order valence-electron chi connectivity index (χ0n) is 17.5. The Morgan fingerprint density at radius 2 is 1.52 bits per heavy atom. The molecule has 2 heterocycles. The molecule has 14 heteroatoms. The molecule has 176 valence electrons. The Kier molecular flexibility index (Phi) is 6.26. The number of halogens is 2. The standard InChI is InChI=1S/C19H20F2N6O4S2/c1-32(28,29)15-7-5-14(6-8-15)27-18(22-23-24-27)13-25-9-11-26(12-10-25)33(30,31)19-16(20)3-2-4-17(19)21/h2-8H,9-13H2,1H3. The molecule has 1 aliphatic heterocycles. The fraction of sp³-hybridized carbons (Fsp3) is 0.316. The third kappa shape index (κ3) is 4.78. The normalized spacial score (nSPS) is 16.2. The van der Waals surface area contributed by atoms with Gasteiger partial charge in [0, 0.05) is 32.4 Å². The molecule has 0 saturated carbocycles. The van der Waals surface area contributed by atoms with Gasteiger partial charge in [0.25, 0.3) is 0 Å². The first kappa shape index (κ1) is 23.4. The van der Waals surface area contributed by atoms with Crippen molar-refractivity contribution in [2.24, 2.45) is 0 Å². The van der Waals surface area contributed by atoms with Gasteiger partial charge in [-0.1, -0.05) is 6.07 Å². The van der Waals surface area contributed by atoms with Gasteiger partial charge in [-0.05, 0) is 46.8 Å². The Morgan fingerprint density at radius 1 is 0.909 bits per heavy atom. The average Bonchev–Trinajstić information content (AvgIpc) is 3.21. The van der Waals surface area contributed by atoms with Crippen molar-refractivity contribution < 1.29 is 25.6 Å². The highest BCUT2D eigenvalue weighted by atomic mass is 32.2. The third-order valence-electron chi connectivity index (χ3n) is 5.26. The Balaban J connectivity index is 1.45. The maximum atomic E-state index is 14.0. The lowest BCUT2D eigenvalue weighted by Crippen LogP contribution is -2.48. The van der Waals surface area contributed by atoms with Gasteiger partial charge < -0.3 is 0 Å². The molecule has 0 spiro atoms. The van der Waals surface area contributed by atoms with Gasteiger partial charge in [-0.2, -0.15) is 8.99 Å². The molecule has 1 aromatic heterocycles. The molecule has 1 saturated heterocycles. The van der Waals surface area contributed by atoms with Gasteiger partial charge in [0.2, 0.25) is 10.0 Å². The molecule has 0 radical (unpaired) electrons. The van der Waals surface area contributed by atoms with E-state index in [0.717, 1.165) is 28.8 Å². The van der Waals surface area contributed by atoms with Crippen molar-refractivity contribution in [2.45, 2.75) is 16.3 Å². The van der Waals surface area contributed by atoms with Crippen LogP contribution >= 0.6 is 0 Å². The highest BCUT2D eigenvalue weighted by Gasteiger charge is 2.33. The van der Waals surface area contributed by atoms with Crippen molar-refractivity contribution in [3.63, 3.8) is 0 Å². The molecule has 0 amide bonds. The molecule has 0 bridgehead atoms. The quantitative estimate of drug-likeness (QED) is 0.491. The molecule has 1 aliphatic rings. The second-order valence-electron chi connectivity index (χ2n) is 7.50. The second kappa shape index (κ2) is 8.85. The van der Waals surface area contributed by atoms with Crippen LogP contribution in [0.25, 0.3) is 5.69 Å². The number of hydrogen-bond donors (Lipinski definition) is 0. The molecule has 2 aromatic carbocycles. The van der Waals surface area contributed by atoms with Crippen LogP contribution in [-0.4, -0.2) is 78.7 Å². The van der Waals surface area contributed by atoms with Crippen LogP contribution in [0.3, 0.4) is 0 Å². The van der Waals surface area contributed by atoms with Gasteiger partial charge in [0.05, 0.1) is 17.1 Å². The van der Waals surface area contributed by atoms with Gasteiger partial charge in [-0.25, -0.2) is 25.6 Å². The maximum absolute atomic E-state index is 14.0. The number of rotatable bonds is 6. The van der Waals surface area contributed by atoms with E-state index in [4.69, 9.17) is 0 Å². The Bertz CT molecular complexity index is 1350. The summed E-state index contributed by atoms with van der Waals surface area (Å²) in [6.07, 6.45) is 1.12. The predicted octanol–water partition coefficient (Wildman–Crippen LogP) is 0.850. The summed E-state index contributed by atoms with van der Waals surface area (Å²) in [6.45, 7) is 0.981. The van der Waals surface area contributed by atoms with Gasteiger partial charge >= 0.3 is 0 Å². The van der Waals surface area contributed by atoms with Gasteiger partial charge in [0.1, 0.15) is 11.6 Å². The number of aromatic nitrogens is 4. The summed E-state index contributed by atoms with van der Waals surface area (Å²) in [6, 6.07) is 9.03. The molecule has 0 atom stereocenters. The second-order valence-corrected chi connectivity index (χ2v) is 11.4. The van der Waals surface area contributed by atoms with E-state index in [9.17, 15) is 25.6 Å². The highest BCUT2D eigenvalue weighted by molar-refractivity contribution is 7.90. The van der Waals surface area contributed by atoms with E-state index in [1.54, 1.807) is 12.1 Å². The number of nitrogens with zero attached hydrogens (tertiary/aromatic N) is 6. The van der Waals surface area contributed by atoms with Crippen LogP contribution in [-0.2, 0) is 26.4 Å². The number of sulfonamides is 1. The van der Waals surface area contributed by atoms with Gasteiger partial charge in [0.15, 0.2) is 20.6 Å². The van der Waals surface area contributed by atoms with E-state index in [-0.39, 0.29) is 18.0 Å². The minimum absolute atomic E-state index is 0.0424. The minimum Gasteiger partial charge on any atom is -0.293 e. The largest absolute Gasteiger partial charge is 0.293 e. The van der Waals surface area contributed by atoms with Crippen LogP contribution in [0.1, 0.15) is 5.82 Å². The van der Waals surface area contributed by atoms with E-state index in [0.29, 0.717) is 31.1 Å². The lowest BCUT2D eigenvalue weighted by molar-refractivity contribution is 0.176. The van der Waals surface area contributed by atoms with E-state index >= 15 is 0 Å². The molecule has 10 nitrogen and oxygen atoms in total. The first-order valence-corrected chi connectivity index (χ1v) is 13.1. The Hall–Kier alpha value is -2.81. The smallest absolute Gasteiger partial charge is 0.249 e. The molecule has 0 unspecified atom stereocenters. The molecule has 33 heavy (non-hydrogen) atoms. The molecular formula is C19H20F2N6O4S2. The lowest BCUT2D eigenvalue weighted by Gasteiger charge is -2.33. The van der Waals surface area contributed by atoms with Crippen LogP contribution in [0, 0.1) is 11.6 Å². The summed E-state index contributed by atoms with van der Waals surface area (Å²) in [5, 5.41) is 11.6. The van der Waals surface area contributed by atoms with E-state index in [1.807, 2.05) is 4.90 Å². The van der Waals surface area contributed by atoms with E-state index < -0.39 is 36.4 Å². The Labute approximate surface area is 189 Å². The zero-order chi connectivity index (χ0) is 23.8. The lowest BCUT2D eigenvalue weighted by atomic mass is 10.3. The van der Waals surface area contributed by atoms with Crippen molar-refractivity contribution in [2.75, 3.05) is 32.4 Å². The van der Waals surface area contributed by atoms with Crippen molar-refractivity contribution in [1.82, 2.24) is 29.4 Å². The van der Waals surface area contributed by atoms with Gasteiger partial charge in [-0.15, -0.1) is 5.10 Å². The number of sulfone groups is 1.